The first-order chi connectivity index (χ1) is 11.2. The fourth-order valence-electron chi connectivity index (χ4n) is 2.11. The summed E-state index contributed by atoms with van der Waals surface area (Å²) >= 11 is 0. The lowest BCUT2D eigenvalue weighted by Crippen LogP contribution is -2.14. The summed E-state index contributed by atoms with van der Waals surface area (Å²) in [6.07, 6.45) is 0. The monoisotopic (exact) mass is 350 g/mol. The summed E-state index contributed by atoms with van der Waals surface area (Å²) in [6, 6.07) is 10.3. The van der Waals surface area contributed by atoms with Gasteiger partial charge in [-0.25, -0.2) is 8.42 Å². The average Bonchev–Trinajstić information content (AvgIpc) is 2.54. The number of methoxy groups -OCH3 is 1. The van der Waals surface area contributed by atoms with E-state index in [9.17, 15) is 18.5 Å². The zero-order valence-electron chi connectivity index (χ0n) is 13.5. The minimum atomic E-state index is -3.93. The predicted molar refractivity (Wildman–Crippen MR) is 91.0 cm³/mol. The molecular weight excluding hydrogens is 332 g/mol. The molecule has 0 heterocycles. The van der Waals surface area contributed by atoms with E-state index in [1.807, 2.05) is 13.8 Å². The van der Waals surface area contributed by atoms with Crippen molar-refractivity contribution in [3.8, 4) is 5.75 Å². The maximum absolute atomic E-state index is 12.4. The summed E-state index contributed by atoms with van der Waals surface area (Å²) in [5.74, 6) is 0.545. The third-order valence-electron chi connectivity index (χ3n) is 3.50. The summed E-state index contributed by atoms with van der Waals surface area (Å²) in [5.41, 5.74) is 0.509. The molecule has 0 spiro atoms. The molecule has 0 saturated carbocycles. The molecule has 0 fully saturated rings. The Morgan fingerprint density at radius 2 is 1.75 bits per heavy atom. The van der Waals surface area contributed by atoms with Gasteiger partial charge in [-0.1, -0.05) is 26.0 Å². The highest BCUT2D eigenvalue weighted by Crippen LogP contribution is 2.31. The quantitative estimate of drug-likeness (QED) is 0.635. The van der Waals surface area contributed by atoms with Crippen molar-refractivity contribution in [2.24, 2.45) is 0 Å². The molecule has 2 aromatic rings. The lowest BCUT2D eigenvalue weighted by atomic mass is 10.0. The second kappa shape index (κ2) is 6.88. The van der Waals surface area contributed by atoms with E-state index in [1.54, 1.807) is 12.1 Å². The van der Waals surface area contributed by atoms with Crippen LogP contribution in [0.25, 0.3) is 0 Å². The molecule has 0 saturated heterocycles. The Labute approximate surface area is 140 Å². The minimum Gasteiger partial charge on any atom is -0.496 e. The molecule has 1 N–H and O–H groups in total. The molecule has 0 aliphatic rings. The van der Waals surface area contributed by atoms with Crippen molar-refractivity contribution in [1.82, 2.24) is 0 Å². The number of hydrogen-bond donors (Lipinski definition) is 1. The van der Waals surface area contributed by atoms with Crippen LogP contribution >= 0.6 is 0 Å². The number of hydrogen-bond acceptors (Lipinski definition) is 5. The van der Waals surface area contributed by atoms with Gasteiger partial charge in [-0.15, -0.1) is 0 Å². The van der Waals surface area contributed by atoms with E-state index >= 15 is 0 Å². The third kappa shape index (κ3) is 3.83. The second-order valence-corrected chi connectivity index (χ2v) is 7.15. The van der Waals surface area contributed by atoms with E-state index in [0.29, 0.717) is 0 Å². The summed E-state index contributed by atoms with van der Waals surface area (Å²) in [7, 11) is -2.55. The maximum Gasteiger partial charge on any atom is 0.297 e. The Bertz CT molecular complexity index is 845. The largest absolute Gasteiger partial charge is 0.496 e. The third-order valence-corrected chi connectivity index (χ3v) is 4.88. The summed E-state index contributed by atoms with van der Waals surface area (Å²) in [6.45, 7) is 4.00. The maximum atomic E-state index is 12.4. The normalized spacial score (nSPS) is 11.3. The van der Waals surface area contributed by atoms with Gasteiger partial charge in [0.25, 0.3) is 15.7 Å². The van der Waals surface area contributed by atoms with E-state index in [2.05, 4.69) is 4.72 Å². The Hall–Kier alpha value is -2.61. The van der Waals surface area contributed by atoms with Crippen LogP contribution in [0.3, 0.4) is 0 Å². The summed E-state index contributed by atoms with van der Waals surface area (Å²) in [5, 5.41) is 11.1. The topological polar surface area (TPSA) is 98.5 Å². The van der Waals surface area contributed by atoms with Gasteiger partial charge in [-0.3, -0.25) is 14.8 Å². The number of nitro benzene ring substituents is 1. The van der Waals surface area contributed by atoms with Gasteiger partial charge in [0.05, 0.1) is 23.0 Å². The summed E-state index contributed by atoms with van der Waals surface area (Å²) < 4.78 is 32.1. The number of nitrogens with one attached hydrogen (secondary N) is 1. The molecule has 0 aromatic heterocycles. The van der Waals surface area contributed by atoms with Gasteiger partial charge in [0, 0.05) is 0 Å². The van der Waals surface area contributed by atoms with Gasteiger partial charge in [-0.05, 0) is 35.7 Å². The van der Waals surface area contributed by atoms with E-state index < -0.39 is 14.9 Å². The Morgan fingerprint density at radius 1 is 1.12 bits per heavy atom. The van der Waals surface area contributed by atoms with Crippen molar-refractivity contribution in [3.63, 3.8) is 0 Å². The molecule has 7 nitrogen and oxygen atoms in total. The molecule has 0 amide bonds. The van der Waals surface area contributed by atoms with E-state index in [4.69, 9.17) is 4.74 Å². The van der Waals surface area contributed by atoms with Crippen molar-refractivity contribution >= 4 is 21.4 Å². The Morgan fingerprint density at radius 3 is 2.25 bits per heavy atom. The molecule has 2 aromatic carbocycles. The molecule has 0 atom stereocenters. The zero-order chi connectivity index (χ0) is 17.9. The van der Waals surface area contributed by atoms with E-state index in [-0.39, 0.29) is 27.9 Å². The smallest absolute Gasteiger partial charge is 0.297 e. The van der Waals surface area contributed by atoms with Gasteiger partial charge < -0.3 is 4.74 Å². The van der Waals surface area contributed by atoms with Crippen molar-refractivity contribution < 1.29 is 18.1 Å². The molecule has 0 unspecified atom stereocenters. The number of sulfonamides is 1. The molecule has 24 heavy (non-hydrogen) atoms. The lowest BCUT2D eigenvalue weighted by Gasteiger charge is -2.11. The highest BCUT2D eigenvalue weighted by atomic mass is 32.2. The molecule has 8 heteroatoms. The first-order valence-electron chi connectivity index (χ1n) is 7.20. The number of anilines is 1. The minimum absolute atomic E-state index is 0.0389. The number of rotatable bonds is 6. The van der Waals surface area contributed by atoms with Crippen LogP contribution in [-0.4, -0.2) is 20.5 Å². The Kier molecular flexibility index (Phi) is 5.08. The van der Waals surface area contributed by atoms with E-state index in [0.717, 1.165) is 5.56 Å². The number of nitro groups is 1. The van der Waals surface area contributed by atoms with Crippen LogP contribution in [0.2, 0.25) is 0 Å². The fourth-order valence-corrected chi connectivity index (χ4v) is 3.19. The zero-order valence-corrected chi connectivity index (χ0v) is 14.3. The Balaban J connectivity index is 2.37. The number of benzene rings is 2. The van der Waals surface area contributed by atoms with Gasteiger partial charge in [-0.2, -0.15) is 0 Å². The van der Waals surface area contributed by atoms with Gasteiger partial charge in [0.1, 0.15) is 11.4 Å². The standard InChI is InChI=1S/C16H18N2O5S/c1-11(2)12-4-7-14(8-5-12)24(21,22)17-15-9-6-13(23-3)10-16(15)18(19)20/h4-11,17H,1-3H3. The lowest BCUT2D eigenvalue weighted by molar-refractivity contribution is -0.384. The predicted octanol–water partition coefficient (Wildman–Crippen LogP) is 3.53. The molecule has 2 rings (SSSR count). The molecule has 0 aliphatic carbocycles. The van der Waals surface area contributed by atoms with Gasteiger partial charge >= 0.3 is 0 Å². The second-order valence-electron chi connectivity index (χ2n) is 5.47. The van der Waals surface area contributed by atoms with Crippen molar-refractivity contribution in [3.05, 3.63) is 58.1 Å². The fraction of sp³-hybridized carbons (Fsp3) is 0.250. The van der Waals surface area contributed by atoms with Crippen molar-refractivity contribution in [2.75, 3.05) is 11.8 Å². The molecule has 0 aliphatic heterocycles. The first-order valence-corrected chi connectivity index (χ1v) is 8.68. The van der Waals surface area contributed by atoms with Crippen LogP contribution in [0.5, 0.6) is 5.75 Å². The molecular formula is C16H18N2O5S. The number of nitrogens with zero attached hydrogens (tertiary/aromatic N) is 1. The van der Waals surface area contributed by atoms with Crippen LogP contribution in [0.4, 0.5) is 11.4 Å². The molecule has 0 bridgehead atoms. The van der Waals surface area contributed by atoms with Gasteiger partial charge in [0.15, 0.2) is 0 Å². The molecule has 0 radical (unpaired) electrons. The summed E-state index contributed by atoms with van der Waals surface area (Å²) in [4.78, 5) is 10.5. The number of ether oxygens (including phenoxy) is 1. The van der Waals surface area contributed by atoms with Crippen LogP contribution in [0.15, 0.2) is 47.4 Å². The van der Waals surface area contributed by atoms with E-state index in [1.165, 1.54) is 37.4 Å². The van der Waals surface area contributed by atoms with Crippen molar-refractivity contribution in [2.45, 2.75) is 24.7 Å². The SMILES string of the molecule is COc1ccc(NS(=O)(=O)c2ccc(C(C)C)cc2)c([N+](=O)[O-])c1. The van der Waals surface area contributed by atoms with Crippen LogP contribution in [-0.2, 0) is 10.0 Å². The van der Waals surface area contributed by atoms with Crippen LogP contribution in [0.1, 0.15) is 25.3 Å². The highest BCUT2D eigenvalue weighted by Gasteiger charge is 2.21. The highest BCUT2D eigenvalue weighted by molar-refractivity contribution is 7.92. The van der Waals surface area contributed by atoms with Gasteiger partial charge in [0.2, 0.25) is 0 Å². The van der Waals surface area contributed by atoms with Crippen molar-refractivity contribution in [1.29, 1.82) is 0 Å². The molecule has 128 valence electrons. The average molecular weight is 350 g/mol. The van der Waals surface area contributed by atoms with Crippen LogP contribution in [0, 0.1) is 10.1 Å². The first kappa shape index (κ1) is 17.7. The van der Waals surface area contributed by atoms with Crippen LogP contribution < -0.4 is 9.46 Å².